The van der Waals surface area contributed by atoms with Crippen LogP contribution < -0.4 is 0 Å². The van der Waals surface area contributed by atoms with Crippen molar-refractivity contribution < 1.29 is 9.53 Å². The number of nitrogens with zero attached hydrogens (tertiary/aromatic N) is 4. The van der Waals surface area contributed by atoms with Gasteiger partial charge >= 0.3 is 0 Å². The average Bonchev–Trinajstić information content (AvgIpc) is 3.28. The standard InChI is InChI=1S/C19H24N4O2S/c1-3-15-5-4-14(8-20-15)19(24)23-10-17-18(11-23)25-7-6-22(17)9-16-12-26-13(2)21-16/h4-5,8,12,17-18H,3,6-7,9-11H2,1-2H3/t17-,18+/m1/s1. The first-order valence-electron chi connectivity index (χ1n) is 9.15. The highest BCUT2D eigenvalue weighted by molar-refractivity contribution is 7.09. The molecule has 2 aromatic rings. The first-order chi connectivity index (χ1) is 12.6. The third-order valence-corrected chi connectivity index (χ3v) is 5.99. The van der Waals surface area contributed by atoms with E-state index in [1.54, 1.807) is 17.5 Å². The highest BCUT2D eigenvalue weighted by atomic mass is 32.1. The molecule has 0 aromatic carbocycles. The molecule has 26 heavy (non-hydrogen) atoms. The third-order valence-electron chi connectivity index (χ3n) is 5.17. The molecule has 0 saturated carbocycles. The topological polar surface area (TPSA) is 58.6 Å². The highest BCUT2D eigenvalue weighted by Crippen LogP contribution is 2.26. The van der Waals surface area contributed by atoms with Crippen LogP contribution in [0.4, 0.5) is 0 Å². The van der Waals surface area contributed by atoms with Gasteiger partial charge in [-0.2, -0.15) is 0 Å². The fourth-order valence-electron chi connectivity index (χ4n) is 3.75. The average molecular weight is 372 g/mol. The van der Waals surface area contributed by atoms with Gasteiger partial charge in [0, 0.05) is 43.4 Å². The minimum absolute atomic E-state index is 0.0441. The predicted octanol–water partition coefficient (Wildman–Crippen LogP) is 2.13. The summed E-state index contributed by atoms with van der Waals surface area (Å²) in [5.74, 6) is 0.0441. The van der Waals surface area contributed by atoms with Crippen LogP contribution in [0.1, 0.15) is 33.7 Å². The molecule has 1 amide bonds. The largest absolute Gasteiger partial charge is 0.373 e. The molecule has 2 aliphatic rings. The van der Waals surface area contributed by atoms with Crippen molar-refractivity contribution in [1.29, 1.82) is 0 Å². The number of carbonyl (C=O) groups excluding carboxylic acids is 1. The molecule has 2 saturated heterocycles. The number of amides is 1. The maximum absolute atomic E-state index is 12.9. The van der Waals surface area contributed by atoms with Gasteiger partial charge in [0.2, 0.25) is 0 Å². The lowest BCUT2D eigenvalue weighted by Crippen LogP contribution is -2.50. The van der Waals surface area contributed by atoms with E-state index in [2.05, 4.69) is 27.2 Å². The molecule has 2 atom stereocenters. The Labute approximate surface area is 157 Å². The lowest BCUT2D eigenvalue weighted by atomic mass is 10.1. The summed E-state index contributed by atoms with van der Waals surface area (Å²) in [5, 5.41) is 3.22. The van der Waals surface area contributed by atoms with Crippen LogP contribution in [0.3, 0.4) is 0 Å². The molecule has 0 unspecified atom stereocenters. The van der Waals surface area contributed by atoms with E-state index in [4.69, 9.17) is 4.74 Å². The van der Waals surface area contributed by atoms with Crippen molar-refractivity contribution in [2.24, 2.45) is 0 Å². The molecule has 6 nitrogen and oxygen atoms in total. The second kappa shape index (κ2) is 7.42. The summed E-state index contributed by atoms with van der Waals surface area (Å²) in [6, 6.07) is 4.05. The molecule has 138 valence electrons. The minimum Gasteiger partial charge on any atom is -0.373 e. The number of pyridine rings is 1. The van der Waals surface area contributed by atoms with E-state index in [0.717, 1.165) is 35.9 Å². The Morgan fingerprint density at radius 1 is 1.35 bits per heavy atom. The molecule has 0 spiro atoms. The maximum Gasteiger partial charge on any atom is 0.255 e. The second-order valence-corrected chi connectivity index (χ2v) is 7.97. The number of morpholine rings is 1. The lowest BCUT2D eigenvalue weighted by molar-refractivity contribution is -0.0507. The van der Waals surface area contributed by atoms with Crippen LogP contribution in [-0.2, 0) is 17.7 Å². The van der Waals surface area contributed by atoms with Crippen molar-refractivity contribution >= 4 is 17.2 Å². The number of ether oxygens (including phenoxy) is 1. The van der Waals surface area contributed by atoms with Gasteiger partial charge in [0.25, 0.3) is 5.91 Å². The Morgan fingerprint density at radius 2 is 2.23 bits per heavy atom. The number of thiazole rings is 1. The minimum atomic E-state index is 0.0441. The van der Waals surface area contributed by atoms with Crippen molar-refractivity contribution in [3.63, 3.8) is 0 Å². The summed E-state index contributed by atoms with van der Waals surface area (Å²) in [4.78, 5) is 26.1. The molecule has 0 bridgehead atoms. The van der Waals surface area contributed by atoms with Gasteiger partial charge in [0.05, 0.1) is 35.0 Å². The van der Waals surface area contributed by atoms with Crippen molar-refractivity contribution in [1.82, 2.24) is 19.8 Å². The van der Waals surface area contributed by atoms with Crippen LogP contribution in [0.5, 0.6) is 0 Å². The van der Waals surface area contributed by atoms with Gasteiger partial charge < -0.3 is 9.64 Å². The van der Waals surface area contributed by atoms with E-state index in [1.807, 2.05) is 24.0 Å². The van der Waals surface area contributed by atoms with E-state index in [0.29, 0.717) is 25.3 Å². The Morgan fingerprint density at radius 3 is 2.92 bits per heavy atom. The number of likely N-dealkylation sites (tertiary alicyclic amines) is 1. The summed E-state index contributed by atoms with van der Waals surface area (Å²) in [7, 11) is 0. The van der Waals surface area contributed by atoms with Crippen molar-refractivity contribution in [3.8, 4) is 0 Å². The van der Waals surface area contributed by atoms with Gasteiger partial charge in [0.15, 0.2) is 0 Å². The van der Waals surface area contributed by atoms with Crippen LogP contribution in [0.2, 0.25) is 0 Å². The molecule has 2 fully saturated rings. The zero-order chi connectivity index (χ0) is 18.1. The van der Waals surface area contributed by atoms with Crippen molar-refractivity contribution in [2.45, 2.75) is 39.0 Å². The van der Waals surface area contributed by atoms with Gasteiger partial charge in [-0.05, 0) is 25.5 Å². The molecule has 2 aliphatic heterocycles. The van der Waals surface area contributed by atoms with Crippen LogP contribution >= 0.6 is 11.3 Å². The molecule has 7 heteroatoms. The van der Waals surface area contributed by atoms with Gasteiger partial charge in [0.1, 0.15) is 0 Å². The van der Waals surface area contributed by atoms with Gasteiger partial charge in [-0.25, -0.2) is 4.98 Å². The van der Waals surface area contributed by atoms with Gasteiger partial charge in [-0.15, -0.1) is 11.3 Å². The SMILES string of the molecule is CCc1ccc(C(=O)N2C[C@@H]3OCCN(Cc4csc(C)n4)[C@@H]3C2)cn1. The van der Waals surface area contributed by atoms with E-state index < -0.39 is 0 Å². The summed E-state index contributed by atoms with van der Waals surface area (Å²) in [6.07, 6.45) is 2.65. The molecule has 0 radical (unpaired) electrons. The summed E-state index contributed by atoms with van der Waals surface area (Å²) < 4.78 is 5.96. The first-order valence-corrected chi connectivity index (χ1v) is 10.0. The second-order valence-electron chi connectivity index (χ2n) is 6.91. The smallest absolute Gasteiger partial charge is 0.255 e. The molecule has 4 rings (SSSR count). The Hall–Kier alpha value is -1.83. The fraction of sp³-hybridized carbons (Fsp3) is 0.526. The Bertz CT molecular complexity index is 776. The molecular formula is C19H24N4O2S. The van der Waals surface area contributed by atoms with Crippen LogP contribution in [0.25, 0.3) is 0 Å². The van der Waals surface area contributed by atoms with Gasteiger partial charge in [-0.3, -0.25) is 14.7 Å². The number of aryl methyl sites for hydroxylation is 2. The Balaban J connectivity index is 1.45. The quantitative estimate of drug-likeness (QED) is 0.823. The predicted molar refractivity (Wildman–Crippen MR) is 100 cm³/mol. The number of hydrogen-bond donors (Lipinski definition) is 0. The summed E-state index contributed by atoms with van der Waals surface area (Å²) in [6.45, 7) is 7.85. The fourth-order valence-corrected chi connectivity index (χ4v) is 4.36. The number of rotatable bonds is 4. The van der Waals surface area contributed by atoms with E-state index in [-0.39, 0.29) is 18.1 Å². The van der Waals surface area contributed by atoms with Crippen LogP contribution in [0, 0.1) is 6.92 Å². The van der Waals surface area contributed by atoms with Crippen LogP contribution in [-0.4, -0.2) is 64.1 Å². The van der Waals surface area contributed by atoms with Crippen molar-refractivity contribution in [2.75, 3.05) is 26.2 Å². The zero-order valence-corrected chi connectivity index (χ0v) is 16.0. The van der Waals surface area contributed by atoms with E-state index in [9.17, 15) is 4.79 Å². The number of hydrogen-bond acceptors (Lipinski definition) is 6. The molecule has 0 aliphatic carbocycles. The van der Waals surface area contributed by atoms with Crippen molar-refractivity contribution in [3.05, 3.63) is 45.7 Å². The molecule has 2 aromatic heterocycles. The van der Waals surface area contributed by atoms with Gasteiger partial charge in [-0.1, -0.05) is 6.92 Å². The molecule has 4 heterocycles. The number of fused-ring (bicyclic) bond motifs is 1. The zero-order valence-electron chi connectivity index (χ0n) is 15.2. The lowest BCUT2D eigenvalue weighted by Gasteiger charge is -2.36. The Kier molecular flexibility index (Phi) is 5.02. The van der Waals surface area contributed by atoms with E-state index in [1.165, 1.54) is 0 Å². The van der Waals surface area contributed by atoms with Crippen LogP contribution in [0.15, 0.2) is 23.7 Å². The maximum atomic E-state index is 12.9. The number of aromatic nitrogens is 2. The first kappa shape index (κ1) is 17.6. The highest BCUT2D eigenvalue weighted by Gasteiger charge is 2.42. The third kappa shape index (κ3) is 3.51. The number of carbonyl (C=O) groups is 1. The summed E-state index contributed by atoms with van der Waals surface area (Å²) in [5.41, 5.74) is 2.77. The monoisotopic (exact) mass is 372 g/mol. The molecular weight excluding hydrogens is 348 g/mol. The summed E-state index contributed by atoms with van der Waals surface area (Å²) >= 11 is 1.68. The van der Waals surface area contributed by atoms with E-state index >= 15 is 0 Å². The molecule has 0 N–H and O–H groups in total. The normalized spacial score (nSPS) is 23.2.